The number of aryl methyl sites for hydroxylation is 1. The second-order valence-corrected chi connectivity index (χ2v) is 8.12. The Labute approximate surface area is 165 Å². The van der Waals surface area contributed by atoms with E-state index in [1.54, 1.807) is 30.2 Å². The summed E-state index contributed by atoms with van der Waals surface area (Å²) in [5.41, 5.74) is 1.23. The van der Waals surface area contributed by atoms with Gasteiger partial charge in [-0.25, -0.2) is 18.1 Å². The van der Waals surface area contributed by atoms with Crippen LogP contribution in [-0.4, -0.2) is 30.0 Å². The van der Waals surface area contributed by atoms with Gasteiger partial charge in [0.2, 0.25) is 10.0 Å². The van der Waals surface area contributed by atoms with Crippen LogP contribution in [0.5, 0.6) is 0 Å². The molecule has 0 spiro atoms. The van der Waals surface area contributed by atoms with Crippen molar-refractivity contribution < 1.29 is 21.6 Å². The number of rotatable bonds is 6. The zero-order valence-corrected chi connectivity index (χ0v) is 16.3. The predicted molar refractivity (Wildman–Crippen MR) is 101 cm³/mol. The molecule has 0 amide bonds. The Hall–Kier alpha value is -2.92. The van der Waals surface area contributed by atoms with Crippen LogP contribution < -0.4 is 10.0 Å². The Bertz CT molecular complexity index is 1110. The molecular formula is C18H18F3N5O2S. The van der Waals surface area contributed by atoms with Gasteiger partial charge in [-0.2, -0.15) is 13.2 Å². The van der Waals surface area contributed by atoms with Crippen LogP contribution in [0.15, 0.2) is 53.9 Å². The first-order valence-electron chi connectivity index (χ1n) is 8.42. The van der Waals surface area contributed by atoms with Crippen LogP contribution in [0.2, 0.25) is 0 Å². The molecule has 2 heterocycles. The molecule has 3 aromatic rings. The SMILES string of the molecule is CNS(=O)(=O)c1ccc(NCc2ccc(C(F)(F)F)cn2)c(-c2cn(C)cn2)c1. The lowest BCUT2D eigenvalue weighted by atomic mass is 10.1. The van der Waals surface area contributed by atoms with Gasteiger partial charge in [0.25, 0.3) is 0 Å². The number of sulfonamides is 1. The molecule has 0 radical (unpaired) electrons. The fourth-order valence-electron chi connectivity index (χ4n) is 2.61. The Morgan fingerprint density at radius 2 is 1.90 bits per heavy atom. The van der Waals surface area contributed by atoms with Crippen molar-refractivity contribution in [1.82, 2.24) is 19.3 Å². The van der Waals surface area contributed by atoms with Gasteiger partial charge in [-0.05, 0) is 37.4 Å². The molecule has 2 N–H and O–H groups in total. The third-order valence-electron chi connectivity index (χ3n) is 4.16. The van der Waals surface area contributed by atoms with E-state index in [4.69, 9.17) is 0 Å². The predicted octanol–water partition coefficient (Wildman–Crippen LogP) is 3.02. The summed E-state index contributed by atoms with van der Waals surface area (Å²) in [6.45, 7) is 0.149. The van der Waals surface area contributed by atoms with Gasteiger partial charge >= 0.3 is 6.18 Å². The third-order valence-corrected chi connectivity index (χ3v) is 5.57. The number of nitrogens with zero attached hydrogens (tertiary/aromatic N) is 3. The maximum absolute atomic E-state index is 12.7. The first-order valence-corrected chi connectivity index (χ1v) is 9.90. The third kappa shape index (κ3) is 4.74. The van der Waals surface area contributed by atoms with E-state index in [0.717, 1.165) is 12.3 Å². The molecule has 0 bridgehead atoms. The molecule has 0 aliphatic heterocycles. The number of anilines is 1. The zero-order chi connectivity index (χ0) is 21.2. The Morgan fingerprint density at radius 3 is 2.45 bits per heavy atom. The van der Waals surface area contributed by atoms with E-state index in [2.05, 4.69) is 20.0 Å². The van der Waals surface area contributed by atoms with Crippen LogP contribution in [0.4, 0.5) is 18.9 Å². The molecule has 0 atom stereocenters. The van der Waals surface area contributed by atoms with E-state index >= 15 is 0 Å². The summed E-state index contributed by atoms with van der Waals surface area (Å²) in [4.78, 5) is 8.15. The minimum Gasteiger partial charge on any atom is -0.379 e. The minimum absolute atomic E-state index is 0.0684. The fraction of sp³-hybridized carbons (Fsp3) is 0.222. The molecule has 0 unspecified atom stereocenters. The number of pyridine rings is 1. The van der Waals surface area contributed by atoms with Crippen molar-refractivity contribution in [2.45, 2.75) is 17.6 Å². The summed E-state index contributed by atoms with van der Waals surface area (Å²) in [6.07, 6.45) is -0.360. The highest BCUT2D eigenvalue weighted by molar-refractivity contribution is 7.89. The molecule has 0 saturated carbocycles. The van der Waals surface area contributed by atoms with Gasteiger partial charge < -0.3 is 9.88 Å². The topological polar surface area (TPSA) is 88.9 Å². The van der Waals surface area contributed by atoms with E-state index in [0.29, 0.717) is 22.6 Å². The van der Waals surface area contributed by atoms with Crippen LogP contribution in [0.3, 0.4) is 0 Å². The van der Waals surface area contributed by atoms with Crippen molar-refractivity contribution in [3.8, 4) is 11.3 Å². The van der Waals surface area contributed by atoms with Crippen LogP contribution in [0.25, 0.3) is 11.3 Å². The second kappa shape index (κ2) is 7.84. The van der Waals surface area contributed by atoms with Crippen molar-refractivity contribution in [2.75, 3.05) is 12.4 Å². The van der Waals surface area contributed by atoms with Crippen molar-refractivity contribution in [3.63, 3.8) is 0 Å². The standard InChI is InChI=1S/C18H18F3N5O2S/c1-22-29(27,28)14-5-6-16(15(7-14)17-10-26(2)11-25-17)24-9-13-4-3-12(8-23-13)18(19,20)21/h3-8,10-11,22,24H,9H2,1-2H3. The Morgan fingerprint density at radius 1 is 1.14 bits per heavy atom. The smallest absolute Gasteiger partial charge is 0.379 e. The molecule has 0 aliphatic carbocycles. The van der Waals surface area contributed by atoms with E-state index in [-0.39, 0.29) is 11.4 Å². The van der Waals surface area contributed by atoms with Gasteiger partial charge in [0, 0.05) is 30.7 Å². The largest absolute Gasteiger partial charge is 0.417 e. The number of nitrogens with one attached hydrogen (secondary N) is 2. The average Bonchev–Trinajstić information content (AvgIpc) is 3.12. The molecule has 0 saturated heterocycles. The number of aromatic nitrogens is 3. The Kier molecular flexibility index (Phi) is 5.62. The maximum Gasteiger partial charge on any atom is 0.417 e. The monoisotopic (exact) mass is 425 g/mol. The van der Waals surface area contributed by atoms with Gasteiger partial charge in [-0.15, -0.1) is 0 Å². The summed E-state index contributed by atoms with van der Waals surface area (Å²) in [7, 11) is -0.556. The summed E-state index contributed by atoms with van der Waals surface area (Å²) in [6, 6.07) is 6.75. The molecule has 11 heteroatoms. The summed E-state index contributed by atoms with van der Waals surface area (Å²) in [5.74, 6) is 0. The molecule has 0 aliphatic rings. The van der Waals surface area contributed by atoms with Crippen molar-refractivity contribution in [2.24, 2.45) is 7.05 Å². The first-order chi connectivity index (χ1) is 13.6. The van der Waals surface area contributed by atoms with Crippen molar-refractivity contribution in [1.29, 1.82) is 0 Å². The van der Waals surface area contributed by atoms with Gasteiger partial charge in [0.05, 0.1) is 34.7 Å². The average molecular weight is 425 g/mol. The maximum atomic E-state index is 12.7. The first kappa shape index (κ1) is 20.8. The van der Waals surface area contributed by atoms with Crippen LogP contribution in [-0.2, 0) is 29.8 Å². The highest BCUT2D eigenvalue weighted by atomic mass is 32.2. The number of halogens is 3. The van der Waals surface area contributed by atoms with Gasteiger partial charge in [-0.3, -0.25) is 4.98 Å². The van der Waals surface area contributed by atoms with Crippen LogP contribution in [0, 0.1) is 0 Å². The number of hydrogen-bond acceptors (Lipinski definition) is 5. The van der Waals surface area contributed by atoms with E-state index in [9.17, 15) is 21.6 Å². The number of benzene rings is 1. The highest BCUT2D eigenvalue weighted by Crippen LogP contribution is 2.31. The molecule has 1 aromatic carbocycles. The number of alkyl halides is 3. The quantitative estimate of drug-likeness (QED) is 0.634. The second-order valence-electron chi connectivity index (χ2n) is 6.23. The number of hydrogen-bond donors (Lipinski definition) is 2. The molecule has 154 valence electrons. The van der Waals surface area contributed by atoms with E-state index < -0.39 is 21.8 Å². The Balaban J connectivity index is 1.90. The molecule has 3 rings (SSSR count). The molecule has 2 aromatic heterocycles. The lowest BCUT2D eigenvalue weighted by Crippen LogP contribution is -2.18. The zero-order valence-electron chi connectivity index (χ0n) is 15.5. The molecular weight excluding hydrogens is 407 g/mol. The normalized spacial score (nSPS) is 12.2. The highest BCUT2D eigenvalue weighted by Gasteiger charge is 2.30. The van der Waals surface area contributed by atoms with E-state index in [1.165, 1.54) is 25.2 Å². The molecule has 7 nitrogen and oxygen atoms in total. The van der Waals surface area contributed by atoms with Gasteiger partial charge in [-0.1, -0.05) is 0 Å². The number of imidazole rings is 1. The van der Waals surface area contributed by atoms with E-state index in [1.807, 2.05) is 0 Å². The molecule has 0 fully saturated rings. The van der Waals surface area contributed by atoms with Crippen molar-refractivity contribution >= 4 is 15.7 Å². The van der Waals surface area contributed by atoms with Crippen LogP contribution in [0.1, 0.15) is 11.3 Å². The van der Waals surface area contributed by atoms with Crippen molar-refractivity contribution in [3.05, 3.63) is 60.3 Å². The van der Waals surface area contributed by atoms with Gasteiger partial charge in [0.1, 0.15) is 0 Å². The summed E-state index contributed by atoms with van der Waals surface area (Å²) < 4.78 is 66.2. The minimum atomic E-state index is -4.44. The summed E-state index contributed by atoms with van der Waals surface area (Å²) >= 11 is 0. The fourth-order valence-corrected chi connectivity index (χ4v) is 3.36. The van der Waals surface area contributed by atoms with Crippen LogP contribution >= 0.6 is 0 Å². The van der Waals surface area contributed by atoms with Gasteiger partial charge in [0.15, 0.2) is 0 Å². The lowest BCUT2D eigenvalue weighted by molar-refractivity contribution is -0.137. The summed E-state index contributed by atoms with van der Waals surface area (Å²) in [5, 5.41) is 3.08. The molecule has 29 heavy (non-hydrogen) atoms. The lowest BCUT2D eigenvalue weighted by Gasteiger charge is -2.13.